The number of hydrogen-bond acceptors (Lipinski definition) is 7. The number of unbranched alkanes of at least 4 members (excludes halogenated alkanes) is 7. The van der Waals surface area contributed by atoms with Crippen LogP contribution in [0.15, 0.2) is 83.1 Å². The lowest BCUT2D eigenvalue weighted by Gasteiger charge is -2.48. The van der Waals surface area contributed by atoms with Gasteiger partial charge in [0.15, 0.2) is 6.10 Å². The molecule has 2 atom stereocenters. The molecule has 7 nitrogen and oxygen atoms in total. The third kappa shape index (κ3) is 10.4. The quantitative estimate of drug-likeness (QED) is 0.0710. The molecule has 47 heavy (non-hydrogen) atoms. The lowest BCUT2D eigenvalue weighted by atomic mass is 9.72. The highest BCUT2D eigenvalue weighted by molar-refractivity contribution is 6.80. The van der Waals surface area contributed by atoms with Crippen molar-refractivity contribution in [1.82, 2.24) is 0 Å². The zero-order valence-corrected chi connectivity index (χ0v) is 30.8. The van der Waals surface area contributed by atoms with Crippen LogP contribution in [0, 0.1) is 5.41 Å². The first-order chi connectivity index (χ1) is 22.5. The molecule has 2 aromatic rings. The molecule has 0 bridgehead atoms. The largest absolute Gasteiger partial charge is 0.498 e. The number of allylic oxidation sites excluding steroid dienone is 2. The van der Waals surface area contributed by atoms with Crippen molar-refractivity contribution >= 4 is 31.4 Å². The molecule has 0 spiro atoms. The fourth-order valence-electron chi connectivity index (χ4n) is 6.58. The predicted molar refractivity (Wildman–Crippen MR) is 189 cm³/mol. The lowest BCUT2D eigenvalue weighted by molar-refractivity contribution is -0.221. The number of benzene rings is 2. The van der Waals surface area contributed by atoms with Crippen LogP contribution in [0.3, 0.4) is 0 Å². The van der Waals surface area contributed by atoms with Gasteiger partial charge in [-0.2, -0.15) is 0 Å². The van der Waals surface area contributed by atoms with Gasteiger partial charge in [0.05, 0.1) is 13.7 Å². The van der Waals surface area contributed by atoms with E-state index >= 15 is 0 Å². The second-order valence-electron chi connectivity index (χ2n) is 13.3. The van der Waals surface area contributed by atoms with Gasteiger partial charge in [0.1, 0.15) is 5.76 Å². The summed E-state index contributed by atoms with van der Waals surface area (Å²) in [4.78, 5) is 24.0. The van der Waals surface area contributed by atoms with E-state index in [1.54, 1.807) is 14.2 Å². The smallest absolute Gasteiger partial charge is 0.305 e. The molecule has 0 saturated heterocycles. The summed E-state index contributed by atoms with van der Waals surface area (Å²) in [6.45, 7) is 12.0. The van der Waals surface area contributed by atoms with Gasteiger partial charge in [0, 0.05) is 32.1 Å². The second kappa shape index (κ2) is 18.4. The van der Waals surface area contributed by atoms with E-state index in [1.165, 1.54) is 13.8 Å². The zero-order valence-electron chi connectivity index (χ0n) is 29.8. The van der Waals surface area contributed by atoms with Gasteiger partial charge < -0.3 is 23.4 Å². The fourth-order valence-corrected chi connectivity index (χ4v) is 8.72. The molecule has 257 valence electrons. The maximum Gasteiger partial charge on any atom is 0.305 e. The van der Waals surface area contributed by atoms with E-state index in [0.717, 1.165) is 78.5 Å². The van der Waals surface area contributed by atoms with Gasteiger partial charge in [-0.3, -0.25) is 9.59 Å². The van der Waals surface area contributed by atoms with Crippen molar-refractivity contribution in [3.05, 3.63) is 83.1 Å². The van der Waals surface area contributed by atoms with E-state index in [0.29, 0.717) is 18.8 Å². The van der Waals surface area contributed by atoms with E-state index < -0.39 is 26.9 Å². The Labute approximate surface area is 284 Å². The van der Waals surface area contributed by atoms with Crippen molar-refractivity contribution in [2.45, 2.75) is 111 Å². The molecule has 0 saturated carbocycles. The zero-order chi connectivity index (χ0) is 34.5. The third-order valence-corrected chi connectivity index (χ3v) is 10.8. The van der Waals surface area contributed by atoms with Gasteiger partial charge >= 0.3 is 11.9 Å². The highest BCUT2D eigenvalue weighted by Crippen LogP contribution is 2.49. The summed E-state index contributed by atoms with van der Waals surface area (Å²) in [7, 11) is 1.35. The molecule has 1 aliphatic carbocycles. The fraction of sp³-hybridized carbons (Fsp3) is 0.538. The van der Waals surface area contributed by atoms with Crippen molar-refractivity contribution in [3.63, 3.8) is 0 Å². The van der Waals surface area contributed by atoms with Gasteiger partial charge in [0.2, 0.25) is 0 Å². The average Bonchev–Trinajstić information content (AvgIpc) is 3.03. The molecule has 1 radical (unpaired) electrons. The molecule has 0 aliphatic heterocycles. The van der Waals surface area contributed by atoms with E-state index in [1.807, 2.05) is 36.4 Å². The highest BCUT2D eigenvalue weighted by Gasteiger charge is 2.56. The number of esters is 2. The van der Waals surface area contributed by atoms with Crippen LogP contribution < -0.4 is 10.4 Å². The summed E-state index contributed by atoms with van der Waals surface area (Å²) in [5.74, 6) is -1.55. The Morgan fingerprint density at radius 3 is 1.72 bits per heavy atom. The van der Waals surface area contributed by atoms with Crippen LogP contribution in [0.4, 0.5) is 0 Å². The Hall–Kier alpha value is -3.20. The molecule has 3 rings (SSSR count). The molecule has 0 N–H and O–H groups in total. The van der Waals surface area contributed by atoms with Crippen LogP contribution >= 0.6 is 0 Å². The first-order valence-electron chi connectivity index (χ1n) is 17.0. The van der Waals surface area contributed by atoms with Crippen molar-refractivity contribution in [2.75, 3.05) is 20.8 Å². The normalized spacial score (nSPS) is 18.4. The number of rotatable bonds is 18. The van der Waals surface area contributed by atoms with Crippen LogP contribution in [0.5, 0.6) is 0 Å². The minimum Gasteiger partial charge on any atom is -0.498 e. The van der Waals surface area contributed by atoms with Gasteiger partial charge in [-0.05, 0) is 47.5 Å². The average molecular weight is 664 g/mol. The number of carbonyl (C=O) groups is 2. The van der Waals surface area contributed by atoms with Crippen LogP contribution in [0.2, 0.25) is 0 Å². The molecule has 8 heteroatoms. The van der Waals surface area contributed by atoms with Gasteiger partial charge in [0.25, 0.3) is 14.8 Å². The van der Waals surface area contributed by atoms with E-state index in [2.05, 4.69) is 52.0 Å². The Bertz CT molecular complexity index is 1310. The van der Waals surface area contributed by atoms with Crippen LogP contribution in [-0.2, 0) is 33.0 Å². The Kier molecular flexibility index (Phi) is 14.9. The molecule has 0 amide bonds. The molecule has 2 unspecified atom stereocenters. The molecule has 0 fully saturated rings. The number of methoxy groups -OCH3 is 2. The monoisotopic (exact) mass is 663 g/mol. The van der Waals surface area contributed by atoms with E-state index in [9.17, 15) is 9.59 Å². The summed E-state index contributed by atoms with van der Waals surface area (Å²) in [6.07, 6.45) is 8.37. The summed E-state index contributed by atoms with van der Waals surface area (Å²) in [5, 5.41) is 2.08. The van der Waals surface area contributed by atoms with Crippen LogP contribution in [0.1, 0.15) is 99.3 Å². The maximum absolute atomic E-state index is 13.1. The van der Waals surface area contributed by atoms with Crippen LogP contribution in [-0.4, -0.2) is 53.7 Å². The number of ether oxygens (including phenoxy) is 4. The van der Waals surface area contributed by atoms with Crippen molar-refractivity contribution in [3.8, 4) is 0 Å². The van der Waals surface area contributed by atoms with Crippen LogP contribution in [0.25, 0.3) is 0 Å². The molecule has 0 aromatic heterocycles. The Morgan fingerprint density at radius 2 is 1.28 bits per heavy atom. The molecule has 2 aromatic carbocycles. The molecule has 0 heterocycles. The van der Waals surface area contributed by atoms with Gasteiger partial charge in [-0.15, -0.1) is 0 Å². The maximum atomic E-state index is 13.1. The van der Waals surface area contributed by atoms with Crippen molar-refractivity contribution in [1.29, 1.82) is 0 Å². The van der Waals surface area contributed by atoms with E-state index in [-0.39, 0.29) is 11.4 Å². The topological polar surface area (TPSA) is 80.3 Å². The first kappa shape index (κ1) is 38.2. The van der Waals surface area contributed by atoms with Gasteiger partial charge in [-0.1, -0.05) is 120 Å². The summed E-state index contributed by atoms with van der Waals surface area (Å²) < 4.78 is 31.2. The lowest BCUT2D eigenvalue weighted by Crippen LogP contribution is -2.61. The number of carbonyl (C=O) groups excluding carboxylic acids is 2. The highest BCUT2D eigenvalue weighted by atomic mass is 28.3. The predicted octanol–water partition coefficient (Wildman–Crippen LogP) is 7.43. The summed E-state index contributed by atoms with van der Waals surface area (Å²) >= 11 is 0. The summed E-state index contributed by atoms with van der Waals surface area (Å²) in [5.41, 5.74) is 2.75. The minimum absolute atomic E-state index is 0.214. The first-order valence-corrected chi connectivity index (χ1v) is 18.4. The number of hydrogen-bond donors (Lipinski definition) is 0. The van der Waals surface area contributed by atoms with E-state index in [4.69, 9.17) is 23.4 Å². The third-order valence-electron chi connectivity index (χ3n) is 8.53. The molecular weight excluding hydrogens is 609 g/mol. The second-order valence-corrected chi connectivity index (χ2v) is 15.3. The van der Waals surface area contributed by atoms with Gasteiger partial charge in [-0.25, -0.2) is 0 Å². The minimum atomic E-state index is -1.94. The molecule has 1 aliphatic rings. The standard InChI is InChI=1S/C39H55O7Si/c1-29-34(27-21-13-11-9-10-12-14-22-28-44-30(2)40)39(45-31(3)41,37(43-8)36(42-7)35(29)38(4,5)6)46-47(32-23-17-15-18-24-32)33-25-19-16-20-26-33/h15-20,23-26,37H,9-14,21-22,27-28H2,1-8H3. The Balaban J connectivity index is 1.98. The summed E-state index contributed by atoms with van der Waals surface area (Å²) in [6, 6.07) is 20.4. The Morgan fingerprint density at radius 1 is 0.766 bits per heavy atom. The van der Waals surface area contributed by atoms with Crippen molar-refractivity contribution in [2.24, 2.45) is 5.41 Å². The molecular formula is C39H55O7Si. The van der Waals surface area contributed by atoms with Crippen molar-refractivity contribution < 1.29 is 33.0 Å². The SMILES string of the molecule is COC1=C(C(C)(C)C)C(C)=C(CCCCCCCCCCOC(C)=O)C(OC(C)=O)(O[Si](c2ccccc2)c2ccccc2)C1OC.